The number of nitrogens with zero attached hydrogens (tertiary/aromatic N) is 4. The molecule has 2 aromatic heterocycles. The smallest absolute Gasteiger partial charge is 0.410 e. The van der Waals surface area contributed by atoms with E-state index in [-0.39, 0.29) is 5.91 Å². The molecule has 1 aliphatic heterocycles. The Balaban J connectivity index is 1.49. The molecule has 2 amide bonds. The molecule has 25 heavy (non-hydrogen) atoms. The van der Waals surface area contributed by atoms with E-state index < -0.39 is 12.1 Å². The fourth-order valence-corrected chi connectivity index (χ4v) is 3.18. The molecule has 1 fully saturated rings. The topological polar surface area (TPSA) is 88.8 Å². The lowest BCUT2D eigenvalue weighted by molar-refractivity contribution is -0.126. The Kier molecular flexibility index (Phi) is 5.47. The minimum atomic E-state index is -0.435. The van der Waals surface area contributed by atoms with E-state index in [1.807, 2.05) is 28.8 Å². The average molecular weight is 345 g/mol. The fraction of sp³-hybridized carbons (Fsp3) is 0.529. The molecular formula is C17H23N5O3. The first-order valence-corrected chi connectivity index (χ1v) is 8.61. The van der Waals surface area contributed by atoms with E-state index in [1.54, 1.807) is 0 Å². The number of piperidine rings is 1. The highest BCUT2D eigenvalue weighted by molar-refractivity contribution is 5.85. The largest absolute Gasteiger partial charge is 0.453 e. The molecule has 3 rings (SSSR count). The second-order valence-electron chi connectivity index (χ2n) is 6.11. The van der Waals surface area contributed by atoms with Crippen LogP contribution < -0.4 is 5.32 Å². The zero-order valence-corrected chi connectivity index (χ0v) is 14.4. The average Bonchev–Trinajstić information content (AvgIpc) is 3.07. The van der Waals surface area contributed by atoms with Crippen LogP contribution in [0.4, 0.5) is 4.79 Å². The molecule has 0 bridgehead atoms. The second-order valence-corrected chi connectivity index (χ2v) is 6.11. The van der Waals surface area contributed by atoms with Gasteiger partial charge in [0.1, 0.15) is 11.9 Å². The van der Waals surface area contributed by atoms with Gasteiger partial charge in [-0.05, 0) is 37.8 Å². The van der Waals surface area contributed by atoms with E-state index in [0.717, 1.165) is 37.2 Å². The molecule has 8 heteroatoms. The lowest BCUT2D eigenvalue weighted by atomic mass is 10.0. The first-order valence-electron chi connectivity index (χ1n) is 8.61. The van der Waals surface area contributed by atoms with Crippen LogP contribution in [0.5, 0.6) is 0 Å². The minimum absolute atomic E-state index is 0.115. The van der Waals surface area contributed by atoms with Crippen molar-refractivity contribution in [1.29, 1.82) is 0 Å². The van der Waals surface area contributed by atoms with E-state index in [2.05, 4.69) is 15.5 Å². The number of carbonyl (C=O) groups excluding carboxylic acids is 2. The van der Waals surface area contributed by atoms with Crippen molar-refractivity contribution in [3.8, 4) is 0 Å². The number of ether oxygens (including phenoxy) is 1. The van der Waals surface area contributed by atoms with Crippen molar-refractivity contribution in [2.75, 3.05) is 20.2 Å². The minimum Gasteiger partial charge on any atom is -0.453 e. The Morgan fingerprint density at radius 3 is 3.04 bits per heavy atom. The summed E-state index contributed by atoms with van der Waals surface area (Å²) in [4.78, 5) is 25.7. The normalized spacial score (nSPS) is 17.5. The number of carbonyl (C=O) groups is 2. The van der Waals surface area contributed by atoms with Gasteiger partial charge >= 0.3 is 6.09 Å². The van der Waals surface area contributed by atoms with Crippen LogP contribution in [0, 0.1) is 0 Å². The van der Waals surface area contributed by atoms with Crippen molar-refractivity contribution in [1.82, 2.24) is 24.8 Å². The summed E-state index contributed by atoms with van der Waals surface area (Å²) in [6, 6.07) is 5.33. The monoisotopic (exact) mass is 345 g/mol. The Bertz CT molecular complexity index is 745. The number of methoxy groups -OCH3 is 1. The molecule has 1 N–H and O–H groups in total. The van der Waals surface area contributed by atoms with Gasteiger partial charge in [-0.25, -0.2) is 4.79 Å². The van der Waals surface area contributed by atoms with Crippen LogP contribution in [-0.2, 0) is 16.0 Å². The molecular weight excluding hydrogens is 322 g/mol. The second kappa shape index (κ2) is 7.96. The van der Waals surface area contributed by atoms with Crippen molar-refractivity contribution in [2.45, 2.75) is 38.1 Å². The summed E-state index contributed by atoms with van der Waals surface area (Å²) < 4.78 is 6.72. The van der Waals surface area contributed by atoms with Crippen molar-refractivity contribution < 1.29 is 14.3 Å². The van der Waals surface area contributed by atoms with Crippen LogP contribution in [0.2, 0.25) is 0 Å². The zero-order chi connectivity index (χ0) is 17.6. The molecule has 134 valence electrons. The van der Waals surface area contributed by atoms with Crippen LogP contribution in [-0.4, -0.2) is 57.7 Å². The van der Waals surface area contributed by atoms with Gasteiger partial charge in [-0.15, -0.1) is 10.2 Å². The third-order valence-corrected chi connectivity index (χ3v) is 4.48. The summed E-state index contributed by atoms with van der Waals surface area (Å²) in [5, 5.41) is 11.2. The highest BCUT2D eigenvalue weighted by atomic mass is 16.5. The van der Waals surface area contributed by atoms with E-state index in [4.69, 9.17) is 4.74 Å². The molecule has 0 unspecified atom stereocenters. The van der Waals surface area contributed by atoms with Crippen molar-refractivity contribution in [3.05, 3.63) is 30.2 Å². The van der Waals surface area contributed by atoms with Crippen molar-refractivity contribution in [3.63, 3.8) is 0 Å². The highest BCUT2D eigenvalue weighted by Gasteiger charge is 2.32. The van der Waals surface area contributed by atoms with E-state index in [1.165, 1.54) is 12.0 Å². The molecule has 0 saturated carbocycles. The lowest BCUT2D eigenvalue weighted by Gasteiger charge is -2.33. The predicted octanol–water partition coefficient (Wildman–Crippen LogP) is 1.40. The maximum absolute atomic E-state index is 12.4. The quantitative estimate of drug-likeness (QED) is 0.828. The molecule has 1 aliphatic rings. The number of hydrogen-bond donors (Lipinski definition) is 1. The number of pyridine rings is 1. The standard InChI is InChI=1S/C17H23N5O3/c1-25-17(24)21-11-4-2-7-13(21)16(23)18-10-6-9-15-20-19-14-8-3-5-12-22(14)15/h3,5,8,12-13H,2,4,6-7,9-11H2,1H3,(H,18,23)/t13-/m1/s1. The Morgan fingerprint density at radius 2 is 2.20 bits per heavy atom. The molecule has 0 radical (unpaired) electrons. The van der Waals surface area contributed by atoms with Gasteiger partial charge < -0.3 is 10.1 Å². The summed E-state index contributed by atoms with van der Waals surface area (Å²) >= 11 is 0. The van der Waals surface area contributed by atoms with Gasteiger partial charge in [0.15, 0.2) is 5.65 Å². The first kappa shape index (κ1) is 17.2. The van der Waals surface area contributed by atoms with Crippen LogP contribution in [0.3, 0.4) is 0 Å². The molecule has 0 spiro atoms. The van der Waals surface area contributed by atoms with Crippen molar-refractivity contribution in [2.24, 2.45) is 0 Å². The molecule has 8 nitrogen and oxygen atoms in total. The van der Waals surface area contributed by atoms with Crippen molar-refractivity contribution >= 4 is 17.6 Å². The number of hydrogen-bond acceptors (Lipinski definition) is 5. The summed E-state index contributed by atoms with van der Waals surface area (Å²) in [5.41, 5.74) is 0.817. The molecule has 1 atom stereocenters. The predicted molar refractivity (Wildman–Crippen MR) is 91.1 cm³/mol. The Hall–Kier alpha value is -2.64. The summed E-state index contributed by atoms with van der Waals surface area (Å²) in [6.45, 7) is 1.10. The number of rotatable bonds is 5. The van der Waals surface area contributed by atoms with E-state index in [0.29, 0.717) is 19.5 Å². The Morgan fingerprint density at radius 1 is 1.32 bits per heavy atom. The maximum atomic E-state index is 12.4. The van der Waals surface area contributed by atoms with Gasteiger partial charge in [-0.2, -0.15) is 0 Å². The summed E-state index contributed by atoms with van der Waals surface area (Å²) in [6.07, 6.45) is 5.49. The summed E-state index contributed by atoms with van der Waals surface area (Å²) in [5.74, 6) is 0.759. The van der Waals surface area contributed by atoms with Gasteiger partial charge in [0.25, 0.3) is 0 Å². The third-order valence-electron chi connectivity index (χ3n) is 4.48. The molecule has 1 saturated heterocycles. The molecule has 2 aromatic rings. The van der Waals surface area contributed by atoms with Gasteiger partial charge in [0.2, 0.25) is 5.91 Å². The lowest BCUT2D eigenvalue weighted by Crippen LogP contribution is -2.52. The number of aromatic nitrogens is 3. The van der Waals surface area contributed by atoms with Crippen LogP contribution in [0.1, 0.15) is 31.5 Å². The van der Waals surface area contributed by atoms with Crippen LogP contribution in [0.25, 0.3) is 5.65 Å². The summed E-state index contributed by atoms with van der Waals surface area (Å²) in [7, 11) is 1.34. The first-order chi connectivity index (χ1) is 12.2. The highest BCUT2D eigenvalue weighted by Crippen LogP contribution is 2.18. The van der Waals surface area contributed by atoms with Crippen LogP contribution >= 0.6 is 0 Å². The zero-order valence-electron chi connectivity index (χ0n) is 14.4. The molecule has 0 aromatic carbocycles. The third kappa shape index (κ3) is 3.89. The maximum Gasteiger partial charge on any atom is 0.410 e. The Labute approximate surface area is 146 Å². The number of aryl methyl sites for hydroxylation is 1. The van der Waals surface area contributed by atoms with E-state index in [9.17, 15) is 9.59 Å². The number of amides is 2. The number of fused-ring (bicyclic) bond motifs is 1. The SMILES string of the molecule is COC(=O)N1CCCC[C@@H]1C(=O)NCCCc1nnc2ccccn12. The number of likely N-dealkylation sites (tertiary alicyclic amines) is 1. The van der Waals surface area contributed by atoms with Gasteiger partial charge in [0.05, 0.1) is 7.11 Å². The fourth-order valence-electron chi connectivity index (χ4n) is 3.18. The van der Waals surface area contributed by atoms with Gasteiger partial charge in [-0.3, -0.25) is 14.1 Å². The van der Waals surface area contributed by atoms with Crippen LogP contribution in [0.15, 0.2) is 24.4 Å². The van der Waals surface area contributed by atoms with Gasteiger partial charge in [-0.1, -0.05) is 6.07 Å². The van der Waals surface area contributed by atoms with Gasteiger partial charge in [0, 0.05) is 25.7 Å². The molecule has 0 aliphatic carbocycles. The molecule has 3 heterocycles. The number of nitrogens with one attached hydrogen (secondary N) is 1. The van der Waals surface area contributed by atoms with E-state index >= 15 is 0 Å².